The highest BCUT2D eigenvalue weighted by Gasteiger charge is 2.12. The number of amides is 1. The Balaban J connectivity index is 1.60. The molecule has 0 atom stereocenters. The third kappa shape index (κ3) is 4.29. The molecule has 0 spiro atoms. The lowest BCUT2D eigenvalue weighted by molar-refractivity contribution is 0.0951. The normalized spacial score (nSPS) is 14.5. The van der Waals surface area contributed by atoms with E-state index in [2.05, 4.69) is 38.3 Å². The van der Waals surface area contributed by atoms with Crippen LogP contribution in [0.2, 0.25) is 5.02 Å². The van der Waals surface area contributed by atoms with Crippen molar-refractivity contribution in [1.82, 2.24) is 5.32 Å². The standard InChI is InChI=1S/C18H18BrClN2O2/c19-14-3-6-17(20)16(11-14)18(23)21-12-13-1-4-15(5-2-13)22-7-9-24-10-8-22/h1-6,11H,7-10,12H2,(H,21,23). The summed E-state index contributed by atoms with van der Waals surface area (Å²) in [4.78, 5) is 14.6. The van der Waals surface area contributed by atoms with Crippen molar-refractivity contribution in [1.29, 1.82) is 0 Å². The number of carbonyl (C=O) groups excluding carboxylic acids is 1. The highest BCUT2D eigenvalue weighted by atomic mass is 79.9. The molecule has 126 valence electrons. The number of nitrogens with one attached hydrogen (secondary N) is 1. The highest BCUT2D eigenvalue weighted by Crippen LogP contribution is 2.21. The van der Waals surface area contributed by atoms with Crippen LogP contribution in [0.1, 0.15) is 15.9 Å². The van der Waals surface area contributed by atoms with E-state index in [1.807, 2.05) is 18.2 Å². The van der Waals surface area contributed by atoms with Crippen molar-refractivity contribution in [2.45, 2.75) is 6.54 Å². The van der Waals surface area contributed by atoms with Gasteiger partial charge in [-0.2, -0.15) is 0 Å². The molecule has 1 saturated heterocycles. The molecule has 24 heavy (non-hydrogen) atoms. The summed E-state index contributed by atoms with van der Waals surface area (Å²) < 4.78 is 6.19. The van der Waals surface area contributed by atoms with Gasteiger partial charge in [0.1, 0.15) is 0 Å². The van der Waals surface area contributed by atoms with E-state index in [1.54, 1.807) is 12.1 Å². The Morgan fingerprint density at radius 1 is 1.17 bits per heavy atom. The van der Waals surface area contributed by atoms with Gasteiger partial charge in [0.25, 0.3) is 5.91 Å². The molecule has 0 radical (unpaired) electrons. The SMILES string of the molecule is O=C(NCc1ccc(N2CCOCC2)cc1)c1cc(Br)ccc1Cl. The molecule has 1 amide bonds. The van der Waals surface area contributed by atoms with E-state index < -0.39 is 0 Å². The van der Waals surface area contributed by atoms with E-state index in [0.29, 0.717) is 17.1 Å². The predicted octanol–water partition coefficient (Wildman–Crippen LogP) is 3.87. The fourth-order valence-corrected chi connectivity index (χ4v) is 3.16. The number of hydrogen-bond acceptors (Lipinski definition) is 3. The van der Waals surface area contributed by atoms with Gasteiger partial charge >= 0.3 is 0 Å². The second-order valence-electron chi connectivity index (χ2n) is 5.57. The zero-order valence-corrected chi connectivity index (χ0v) is 15.4. The first-order valence-corrected chi connectivity index (χ1v) is 8.95. The second-order valence-corrected chi connectivity index (χ2v) is 6.90. The third-order valence-corrected chi connectivity index (χ3v) is 4.76. The molecular weight excluding hydrogens is 392 g/mol. The molecule has 2 aromatic rings. The molecule has 0 aliphatic carbocycles. The predicted molar refractivity (Wildman–Crippen MR) is 99.8 cm³/mol. The molecular formula is C18H18BrClN2O2. The summed E-state index contributed by atoms with van der Waals surface area (Å²) in [5.41, 5.74) is 2.70. The van der Waals surface area contributed by atoms with Gasteiger partial charge in [-0.05, 0) is 35.9 Å². The summed E-state index contributed by atoms with van der Waals surface area (Å²) in [6.07, 6.45) is 0. The van der Waals surface area contributed by atoms with Crippen LogP contribution in [-0.2, 0) is 11.3 Å². The summed E-state index contributed by atoms with van der Waals surface area (Å²) >= 11 is 9.44. The average molecular weight is 410 g/mol. The quantitative estimate of drug-likeness (QED) is 0.833. The zero-order valence-electron chi connectivity index (χ0n) is 13.1. The number of ether oxygens (including phenoxy) is 1. The second kappa shape index (κ2) is 8.01. The summed E-state index contributed by atoms with van der Waals surface area (Å²) in [6.45, 7) is 3.83. The van der Waals surface area contributed by atoms with Crippen LogP contribution in [0.25, 0.3) is 0 Å². The maximum atomic E-state index is 12.3. The van der Waals surface area contributed by atoms with Crippen LogP contribution in [0, 0.1) is 0 Å². The van der Waals surface area contributed by atoms with Crippen molar-refractivity contribution in [3.8, 4) is 0 Å². The van der Waals surface area contributed by atoms with Gasteiger partial charge < -0.3 is 15.0 Å². The molecule has 6 heteroatoms. The Kier molecular flexibility index (Phi) is 5.76. The van der Waals surface area contributed by atoms with Gasteiger partial charge in [0.05, 0.1) is 23.8 Å². The fraction of sp³-hybridized carbons (Fsp3) is 0.278. The lowest BCUT2D eigenvalue weighted by Crippen LogP contribution is -2.36. The van der Waals surface area contributed by atoms with Gasteiger partial charge in [-0.25, -0.2) is 0 Å². The molecule has 0 bridgehead atoms. The lowest BCUT2D eigenvalue weighted by Gasteiger charge is -2.28. The van der Waals surface area contributed by atoms with Crippen molar-refractivity contribution in [2.75, 3.05) is 31.2 Å². The smallest absolute Gasteiger partial charge is 0.253 e. The summed E-state index contributed by atoms with van der Waals surface area (Å²) in [5.74, 6) is -0.182. The van der Waals surface area contributed by atoms with E-state index in [0.717, 1.165) is 36.3 Å². The van der Waals surface area contributed by atoms with Crippen LogP contribution < -0.4 is 10.2 Å². The van der Waals surface area contributed by atoms with Crippen molar-refractivity contribution < 1.29 is 9.53 Å². The van der Waals surface area contributed by atoms with Crippen LogP contribution >= 0.6 is 27.5 Å². The number of rotatable bonds is 4. The maximum absolute atomic E-state index is 12.3. The Hall–Kier alpha value is -1.56. The first kappa shape index (κ1) is 17.3. The van der Waals surface area contributed by atoms with Crippen molar-refractivity contribution in [3.63, 3.8) is 0 Å². The monoisotopic (exact) mass is 408 g/mol. The maximum Gasteiger partial charge on any atom is 0.253 e. The average Bonchev–Trinajstić information content (AvgIpc) is 2.63. The molecule has 1 aliphatic rings. The first-order valence-electron chi connectivity index (χ1n) is 7.78. The molecule has 3 rings (SSSR count). The zero-order chi connectivity index (χ0) is 16.9. The largest absolute Gasteiger partial charge is 0.378 e. The molecule has 2 aromatic carbocycles. The van der Waals surface area contributed by atoms with Gasteiger partial charge in [-0.1, -0.05) is 39.7 Å². The molecule has 1 heterocycles. The van der Waals surface area contributed by atoms with Gasteiger partial charge in [0.15, 0.2) is 0 Å². The number of anilines is 1. The fourth-order valence-electron chi connectivity index (χ4n) is 2.60. The molecule has 1 fully saturated rings. The van der Waals surface area contributed by atoms with Crippen molar-refractivity contribution >= 4 is 39.1 Å². The van der Waals surface area contributed by atoms with E-state index in [1.165, 1.54) is 5.69 Å². The van der Waals surface area contributed by atoms with Crippen molar-refractivity contribution in [3.05, 3.63) is 63.1 Å². The van der Waals surface area contributed by atoms with Crippen LogP contribution in [0.3, 0.4) is 0 Å². The minimum atomic E-state index is -0.182. The van der Waals surface area contributed by atoms with E-state index in [-0.39, 0.29) is 5.91 Å². The molecule has 4 nitrogen and oxygen atoms in total. The molecule has 1 N–H and O–H groups in total. The van der Waals surface area contributed by atoms with Crippen LogP contribution in [0.4, 0.5) is 5.69 Å². The van der Waals surface area contributed by atoms with E-state index >= 15 is 0 Å². The Morgan fingerprint density at radius 3 is 2.58 bits per heavy atom. The van der Waals surface area contributed by atoms with Crippen LogP contribution in [-0.4, -0.2) is 32.2 Å². The van der Waals surface area contributed by atoms with E-state index in [9.17, 15) is 4.79 Å². The molecule has 0 unspecified atom stereocenters. The number of carbonyl (C=O) groups is 1. The number of hydrogen-bond donors (Lipinski definition) is 1. The number of morpholine rings is 1. The topological polar surface area (TPSA) is 41.6 Å². The van der Waals surface area contributed by atoms with Gasteiger partial charge in [0, 0.05) is 29.8 Å². The number of nitrogens with zero attached hydrogens (tertiary/aromatic N) is 1. The summed E-state index contributed by atoms with van der Waals surface area (Å²) in [5, 5.41) is 3.35. The van der Waals surface area contributed by atoms with Gasteiger partial charge in [-0.3, -0.25) is 4.79 Å². The Labute approximate surface area is 154 Å². The lowest BCUT2D eigenvalue weighted by atomic mass is 10.1. The minimum Gasteiger partial charge on any atom is -0.378 e. The first-order chi connectivity index (χ1) is 11.6. The third-order valence-electron chi connectivity index (χ3n) is 3.94. The molecule has 0 aromatic heterocycles. The Morgan fingerprint density at radius 2 is 1.88 bits per heavy atom. The Bertz CT molecular complexity index is 715. The minimum absolute atomic E-state index is 0.182. The van der Waals surface area contributed by atoms with Gasteiger partial charge in [0.2, 0.25) is 0 Å². The van der Waals surface area contributed by atoms with Crippen molar-refractivity contribution in [2.24, 2.45) is 0 Å². The van der Waals surface area contributed by atoms with E-state index in [4.69, 9.17) is 16.3 Å². The molecule has 0 saturated carbocycles. The highest BCUT2D eigenvalue weighted by molar-refractivity contribution is 9.10. The van der Waals surface area contributed by atoms with Gasteiger partial charge in [-0.15, -0.1) is 0 Å². The van der Waals surface area contributed by atoms with Crippen LogP contribution in [0.5, 0.6) is 0 Å². The summed E-state index contributed by atoms with van der Waals surface area (Å²) in [7, 11) is 0. The number of halogens is 2. The summed E-state index contributed by atoms with van der Waals surface area (Å²) in [6, 6.07) is 13.5. The number of benzene rings is 2. The van der Waals surface area contributed by atoms with Crippen LogP contribution in [0.15, 0.2) is 46.9 Å². The molecule has 1 aliphatic heterocycles.